The fourth-order valence-corrected chi connectivity index (χ4v) is 1.18. The normalized spacial score (nSPS) is 12.5. The molecule has 0 aliphatic heterocycles. The van der Waals surface area contributed by atoms with Gasteiger partial charge in [0.2, 0.25) is 0 Å². The SMILES string of the molecule is C=CC(C)NCc1cc(F)ccc1C. The molecule has 76 valence electrons. The minimum atomic E-state index is -0.182. The maximum atomic E-state index is 12.9. The van der Waals surface area contributed by atoms with Crippen LogP contribution in [0.5, 0.6) is 0 Å². The van der Waals surface area contributed by atoms with Crippen molar-refractivity contribution in [3.8, 4) is 0 Å². The van der Waals surface area contributed by atoms with Crippen LogP contribution in [0.25, 0.3) is 0 Å². The fourth-order valence-electron chi connectivity index (χ4n) is 1.18. The lowest BCUT2D eigenvalue weighted by Crippen LogP contribution is -2.23. The van der Waals surface area contributed by atoms with Crippen molar-refractivity contribution in [2.24, 2.45) is 0 Å². The Morgan fingerprint density at radius 1 is 1.57 bits per heavy atom. The van der Waals surface area contributed by atoms with E-state index in [1.165, 1.54) is 6.07 Å². The number of benzene rings is 1. The Morgan fingerprint density at radius 3 is 2.93 bits per heavy atom. The third-order valence-corrected chi connectivity index (χ3v) is 2.28. The van der Waals surface area contributed by atoms with Crippen LogP contribution < -0.4 is 5.32 Å². The van der Waals surface area contributed by atoms with E-state index in [-0.39, 0.29) is 11.9 Å². The minimum absolute atomic E-state index is 0.182. The highest BCUT2D eigenvalue weighted by molar-refractivity contribution is 5.26. The molecule has 1 N–H and O–H groups in total. The summed E-state index contributed by atoms with van der Waals surface area (Å²) in [6.45, 7) is 8.35. The van der Waals surface area contributed by atoms with Crippen molar-refractivity contribution in [3.63, 3.8) is 0 Å². The Kier molecular flexibility index (Phi) is 3.84. The summed E-state index contributed by atoms with van der Waals surface area (Å²) in [6, 6.07) is 5.09. The van der Waals surface area contributed by atoms with Crippen LogP contribution >= 0.6 is 0 Å². The molecule has 1 atom stereocenters. The van der Waals surface area contributed by atoms with Crippen LogP contribution in [0.4, 0.5) is 4.39 Å². The van der Waals surface area contributed by atoms with Gasteiger partial charge in [0.25, 0.3) is 0 Å². The standard InChI is InChI=1S/C12H16FN/c1-4-10(3)14-8-11-7-12(13)6-5-9(11)2/h4-7,10,14H,1,8H2,2-3H3. The Labute approximate surface area is 84.6 Å². The number of aryl methyl sites for hydroxylation is 1. The molecule has 0 aromatic heterocycles. The smallest absolute Gasteiger partial charge is 0.123 e. The second kappa shape index (κ2) is 4.91. The molecule has 0 aliphatic carbocycles. The van der Waals surface area contributed by atoms with Gasteiger partial charge in [0.05, 0.1) is 0 Å². The average Bonchev–Trinajstić information content (AvgIpc) is 2.19. The van der Waals surface area contributed by atoms with E-state index in [1.807, 2.05) is 19.9 Å². The van der Waals surface area contributed by atoms with E-state index in [4.69, 9.17) is 0 Å². The number of hydrogen-bond donors (Lipinski definition) is 1. The first-order valence-corrected chi connectivity index (χ1v) is 4.74. The summed E-state index contributed by atoms with van der Waals surface area (Å²) < 4.78 is 12.9. The van der Waals surface area contributed by atoms with Gasteiger partial charge >= 0.3 is 0 Å². The summed E-state index contributed by atoms with van der Waals surface area (Å²) in [5.41, 5.74) is 2.11. The third kappa shape index (κ3) is 2.96. The summed E-state index contributed by atoms with van der Waals surface area (Å²) in [7, 11) is 0. The molecule has 0 bridgehead atoms. The summed E-state index contributed by atoms with van der Waals surface area (Å²) in [5.74, 6) is -0.182. The van der Waals surface area contributed by atoms with Gasteiger partial charge in [0, 0.05) is 12.6 Å². The van der Waals surface area contributed by atoms with Gasteiger partial charge in [-0.1, -0.05) is 12.1 Å². The molecule has 0 fully saturated rings. The molecule has 0 spiro atoms. The zero-order chi connectivity index (χ0) is 10.6. The van der Waals surface area contributed by atoms with Gasteiger partial charge < -0.3 is 5.32 Å². The summed E-state index contributed by atoms with van der Waals surface area (Å²) >= 11 is 0. The Morgan fingerprint density at radius 2 is 2.29 bits per heavy atom. The maximum Gasteiger partial charge on any atom is 0.123 e. The molecule has 1 aromatic rings. The number of hydrogen-bond acceptors (Lipinski definition) is 1. The van der Waals surface area contributed by atoms with Crippen LogP contribution in [0.2, 0.25) is 0 Å². The Hall–Kier alpha value is -1.15. The molecule has 0 radical (unpaired) electrons. The second-order valence-corrected chi connectivity index (χ2v) is 3.48. The maximum absolute atomic E-state index is 12.9. The molecule has 0 saturated carbocycles. The van der Waals surface area contributed by atoms with Gasteiger partial charge in [-0.05, 0) is 37.1 Å². The topological polar surface area (TPSA) is 12.0 Å². The third-order valence-electron chi connectivity index (χ3n) is 2.28. The lowest BCUT2D eigenvalue weighted by atomic mass is 10.1. The van der Waals surface area contributed by atoms with E-state index >= 15 is 0 Å². The number of nitrogens with one attached hydrogen (secondary N) is 1. The van der Waals surface area contributed by atoms with Crippen molar-refractivity contribution in [3.05, 3.63) is 47.8 Å². The van der Waals surface area contributed by atoms with E-state index in [0.717, 1.165) is 11.1 Å². The van der Waals surface area contributed by atoms with Gasteiger partial charge in [0.1, 0.15) is 5.82 Å². The van der Waals surface area contributed by atoms with Crippen molar-refractivity contribution < 1.29 is 4.39 Å². The molecule has 0 saturated heterocycles. The zero-order valence-electron chi connectivity index (χ0n) is 8.68. The van der Waals surface area contributed by atoms with Crippen LogP contribution in [-0.4, -0.2) is 6.04 Å². The van der Waals surface area contributed by atoms with E-state index < -0.39 is 0 Å². The summed E-state index contributed by atoms with van der Waals surface area (Å²) in [4.78, 5) is 0. The van der Waals surface area contributed by atoms with Crippen LogP contribution in [0.15, 0.2) is 30.9 Å². The molecule has 1 unspecified atom stereocenters. The van der Waals surface area contributed by atoms with Gasteiger partial charge in [-0.2, -0.15) is 0 Å². The predicted molar refractivity (Wildman–Crippen MR) is 57.6 cm³/mol. The Balaban J connectivity index is 2.66. The second-order valence-electron chi connectivity index (χ2n) is 3.48. The highest BCUT2D eigenvalue weighted by atomic mass is 19.1. The predicted octanol–water partition coefficient (Wildman–Crippen LogP) is 2.80. The molecule has 1 rings (SSSR count). The van der Waals surface area contributed by atoms with E-state index in [0.29, 0.717) is 6.54 Å². The van der Waals surface area contributed by atoms with Crippen molar-refractivity contribution >= 4 is 0 Å². The summed E-state index contributed by atoms with van der Waals surface area (Å²) in [6.07, 6.45) is 1.83. The Bertz CT molecular complexity index is 320. The van der Waals surface area contributed by atoms with Crippen molar-refractivity contribution in [1.82, 2.24) is 5.32 Å². The van der Waals surface area contributed by atoms with Crippen LogP contribution in [0.1, 0.15) is 18.1 Å². The zero-order valence-corrected chi connectivity index (χ0v) is 8.68. The quantitative estimate of drug-likeness (QED) is 0.725. The average molecular weight is 193 g/mol. The van der Waals surface area contributed by atoms with E-state index in [2.05, 4.69) is 11.9 Å². The molecule has 1 aromatic carbocycles. The van der Waals surface area contributed by atoms with Crippen LogP contribution in [-0.2, 0) is 6.54 Å². The van der Waals surface area contributed by atoms with Gasteiger partial charge in [-0.15, -0.1) is 6.58 Å². The van der Waals surface area contributed by atoms with Crippen molar-refractivity contribution in [1.29, 1.82) is 0 Å². The van der Waals surface area contributed by atoms with Gasteiger partial charge in [0.15, 0.2) is 0 Å². The van der Waals surface area contributed by atoms with Gasteiger partial charge in [-0.3, -0.25) is 0 Å². The minimum Gasteiger partial charge on any atom is -0.307 e. The highest BCUT2D eigenvalue weighted by Crippen LogP contribution is 2.09. The fraction of sp³-hybridized carbons (Fsp3) is 0.333. The van der Waals surface area contributed by atoms with Gasteiger partial charge in [-0.25, -0.2) is 4.39 Å². The molecule has 0 heterocycles. The van der Waals surface area contributed by atoms with E-state index in [1.54, 1.807) is 12.1 Å². The lowest BCUT2D eigenvalue weighted by Gasteiger charge is -2.10. The lowest BCUT2D eigenvalue weighted by molar-refractivity contribution is 0.608. The van der Waals surface area contributed by atoms with Crippen LogP contribution in [0, 0.1) is 12.7 Å². The highest BCUT2D eigenvalue weighted by Gasteiger charge is 2.01. The summed E-state index contributed by atoms with van der Waals surface area (Å²) in [5, 5.41) is 3.23. The molecule has 2 heteroatoms. The van der Waals surface area contributed by atoms with E-state index in [9.17, 15) is 4.39 Å². The first kappa shape index (κ1) is 10.9. The first-order chi connectivity index (χ1) is 6.63. The molecular weight excluding hydrogens is 177 g/mol. The van der Waals surface area contributed by atoms with Crippen LogP contribution in [0.3, 0.4) is 0 Å². The molecule has 0 amide bonds. The molecule has 0 aliphatic rings. The molecule has 1 nitrogen and oxygen atoms in total. The number of halogens is 1. The van der Waals surface area contributed by atoms with Crippen molar-refractivity contribution in [2.45, 2.75) is 26.4 Å². The largest absolute Gasteiger partial charge is 0.307 e. The number of rotatable bonds is 4. The molecular formula is C12H16FN. The van der Waals surface area contributed by atoms with Crippen molar-refractivity contribution in [2.75, 3.05) is 0 Å². The molecule has 14 heavy (non-hydrogen) atoms. The monoisotopic (exact) mass is 193 g/mol. The first-order valence-electron chi connectivity index (χ1n) is 4.74.